The summed E-state index contributed by atoms with van der Waals surface area (Å²) < 4.78 is 10.5. The quantitative estimate of drug-likeness (QED) is 0.0487. The van der Waals surface area contributed by atoms with E-state index in [4.69, 9.17) is 4.74 Å². The molecule has 0 atom stereocenters. The van der Waals surface area contributed by atoms with Gasteiger partial charge in [0.25, 0.3) is 0 Å². The van der Waals surface area contributed by atoms with Crippen molar-refractivity contribution in [3.63, 3.8) is 0 Å². The van der Waals surface area contributed by atoms with Crippen molar-refractivity contribution in [1.29, 1.82) is 0 Å². The van der Waals surface area contributed by atoms with Gasteiger partial charge in [-0.25, -0.2) is 0 Å². The summed E-state index contributed by atoms with van der Waals surface area (Å²) in [7, 11) is 1.47. The Morgan fingerprint density at radius 3 is 1.21 bits per heavy atom. The fourth-order valence-electron chi connectivity index (χ4n) is 5.07. The van der Waals surface area contributed by atoms with E-state index in [-0.39, 0.29) is 5.97 Å². The van der Waals surface area contributed by atoms with Gasteiger partial charge in [-0.1, -0.05) is 147 Å². The van der Waals surface area contributed by atoms with Crippen molar-refractivity contribution >= 4 is 5.97 Å². The lowest BCUT2D eigenvalue weighted by Gasteiger charge is -2.05. The number of unbranched alkanes of at least 4 members (excludes halogenated alkanes) is 24. The molecule has 0 spiro atoms. The van der Waals surface area contributed by atoms with Crippen molar-refractivity contribution in [1.82, 2.24) is 0 Å². The predicted octanol–water partition coefficient (Wildman–Crippen LogP) is 11.7. The van der Waals surface area contributed by atoms with E-state index >= 15 is 0 Å². The number of methoxy groups -OCH3 is 1. The van der Waals surface area contributed by atoms with Crippen molar-refractivity contribution in [3.8, 4) is 0 Å². The van der Waals surface area contributed by atoms with Gasteiger partial charge in [-0.3, -0.25) is 4.79 Å². The zero-order valence-electron chi connectivity index (χ0n) is 26.1. The zero-order valence-corrected chi connectivity index (χ0v) is 26.1. The second-order valence-corrected chi connectivity index (χ2v) is 11.5. The molecule has 0 fully saturated rings. The molecule has 0 aromatic heterocycles. The third-order valence-corrected chi connectivity index (χ3v) is 7.70. The van der Waals surface area contributed by atoms with Gasteiger partial charge in [-0.05, 0) is 44.9 Å². The average Bonchev–Trinajstić information content (AvgIpc) is 2.93. The molecular weight excluding hydrogens is 468 g/mol. The van der Waals surface area contributed by atoms with Gasteiger partial charge >= 0.3 is 5.97 Å². The van der Waals surface area contributed by atoms with E-state index in [0.717, 1.165) is 26.1 Å². The fourth-order valence-corrected chi connectivity index (χ4v) is 5.07. The lowest BCUT2D eigenvalue weighted by molar-refractivity contribution is -0.140. The lowest BCUT2D eigenvalue weighted by Crippen LogP contribution is -1.99. The maximum absolute atomic E-state index is 11.0. The van der Waals surface area contributed by atoms with Crippen molar-refractivity contribution in [2.45, 2.75) is 187 Å². The van der Waals surface area contributed by atoms with Gasteiger partial charge in [0.05, 0.1) is 7.11 Å². The maximum atomic E-state index is 11.0. The lowest BCUT2D eigenvalue weighted by atomic mass is 10.0. The Hall–Kier alpha value is -0.830. The van der Waals surface area contributed by atoms with Gasteiger partial charge in [0, 0.05) is 19.6 Å². The molecule has 0 rings (SSSR count). The zero-order chi connectivity index (χ0) is 27.6. The first-order valence-electron chi connectivity index (χ1n) is 17.1. The van der Waals surface area contributed by atoms with E-state index in [2.05, 4.69) is 23.8 Å². The average molecular weight is 537 g/mol. The van der Waals surface area contributed by atoms with E-state index in [9.17, 15) is 4.79 Å². The highest BCUT2D eigenvalue weighted by atomic mass is 16.5. The predicted molar refractivity (Wildman–Crippen MR) is 167 cm³/mol. The number of carbonyl (C=O) groups excluding carboxylic acids is 1. The fraction of sp³-hybridized carbons (Fsp3) is 0.914. The van der Waals surface area contributed by atoms with Gasteiger partial charge < -0.3 is 9.47 Å². The van der Waals surface area contributed by atoms with Gasteiger partial charge in [0.1, 0.15) is 0 Å². The molecule has 0 aromatic rings. The minimum atomic E-state index is -0.0680. The molecule has 0 bridgehead atoms. The summed E-state index contributed by atoms with van der Waals surface area (Å²) in [6.07, 6.45) is 41.5. The molecule has 0 aliphatic rings. The Kier molecular flexibility index (Phi) is 33.5. The molecule has 0 saturated heterocycles. The molecule has 0 saturated carbocycles. The van der Waals surface area contributed by atoms with Crippen molar-refractivity contribution in [2.24, 2.45) is 0 Å². The molecule has 226 valence electrons. The summed E-state index contributed by atoms with van der Waals surface area (Å²) >= 11 is 0. The molecule has 0 aliphatic carbocycles. The van der Waals surface area contributed by atoms with Crippen LogP contribution in [0.5, 0.6) is 0 Å². The number of esters is 1. The highest BCUT2D eigenvalue weighted by molar-refractivity contribution is 5.68. The van der Waals surface area contributed by atoms with Crippen LogP contribution in [0.2, 0.25) is 0 Å². The molecule has 0 aromatic carbocycles. The molecule has 3 heteroatoms. The van der Waals surface area contributed by atoms with E-state index in [1.54, 1.807) is 0 Å². The summed E-state index contributed by atoms with van der Waals surface area (Å²) in [6, 6.07) is 0. The molecule has 0 amide bonds. The van der Waals surface area contributed by atoms with Crippen LogP contribution in [0.3, 0.4) is 0 Å². The number of allylic oxidation sites excluding steroid dienone is 2. The summed E-state index contributed by atoms with van der Waals surface area (Å²) in [4.78, 5) is 11.0. The second-order valence-electron chi connectivity index (χ2n) is 11.5. The summed E-state index contributed by atoms with van der Waals surface area (Å²) in [5.74, 6) is -0.0680. The van der Waals surface area contributed by atoms with Crippen LogP contribution in [0.15, 0.2) is 12.2 Å². The van der Waals surface area contributed by atoms with Crippen LogP contribution in [0.25, 0.3) is 0 Å². The summed E-state index contributed by atoms with van der Waals surface area (Å²) in [6.45, 7) is 4.21. The van der Waals surface area contributed by atoms with Crippen molar-refractivity contribution in [3.05, 3.63) is 12.2 Å². The Morgan fingerprint density at radius 1 is 0.474 bits per heavy atom. The molecular formula is C35H68O3. The minimum Gasteiger partial charge on any atom is -0.469 e. The largest absolute Gasteiger partial charge is 0.469 e. The Morgan fingerprint density at radius 2 is 0.816 bits per heavy atom. The first-order valence-corrected chi connectivity index (χ1v) is 17.1. The summed E-state index contributed by atoms with van der Waals surface area (Å²) in [5, 5.41) is 0. The molecule has 0 unspecified atom stereocenters. The second kappa shape index (κ2) is 34.2. The normalized spacial score (nSPS) is 11.5. The van der Waals surface area contributed by atoms with Crippen LogP contribution in [0.1, 0.15) is 187 Å². The first-order chi connectivity index (χ1) is 18.8. The number of hydrogen-bond acceptors (Lipinski definition) is 3. The molecule has 0 radical (unpaired) electrons. The first kappa shape index (κ1) is 37.2. The molecule has 0 aliphatic heterocycles. The van der Waals surface area contributed by atoms with Crippen molar-refractivity contribution < 1.29 is 14.3 Å². The van der Waals surface area contributed by atoms with Crippen LogP contribution >= 0.6 is 0 Å². The number of rotatable bonds is 32. The Labute approximate surface area is 239 Å². The van der Waals surface area contributed by atoms with Gasteiger partial charge in [-0.15, -0.1) is 0 Å². The minimum absolute atomic E-state index is 0.0680. The number of carbonyl (C=O) groups is 1. The van der Waals surface area contributed by atoms with Gasteiger partial charge in [-0.2, -0.15) is 0 Å². The van der Waals surface area contributed by atoms with Crippen LogP contribution in [-0.4, -0.2) is 26.3 Å². The van der Waals surface area contributed by atoms with Gasteiger partial charge in [0.15, 0.2) is 0 Å². The standard InChI is InChI=1S/C35H68O3/c1-3-4-5-6-7-8-9-10-11-12-15-18-21-24-27-30-33-38-34-31-28-25-22-19-16-13-14-17-20-23-26-29-32-35(36)37-2/h10-11H,3-9,12-34H2,1-2H3. The SMILES string of the molecule is CCCCCCCCC=CCCCCCCCCOCCCCCCCCCCCCCCCC(=O)OC. The third-order valence-electron chi connectivity index (χ3n) is 7.70. The number of ether oxygens (including phenoxy) is 2. The van der Waals surface area contributed by atoms with Crippen LogP contribution in [0.4, 0.5) is 0 Å². The maximum Gasteiger partial charge on any atom is 0.305 e. The van der Waals surface area contributed by atoms with Crippen LogP contribution < -0.4 is 0 Å². The number of hydrogen-bond donors (Lipinski definition) is 0. The van der Waals surface area contributed by atoms with E-state index in [0.29, 0.717) is 6.42 Å². The van der Waals surface area contributed by atoms with Crippen molar-refractivity contribution in [2.75, 3.05) is 20.3 Å². The third kappa shape index (κ3) is 33.2. The Bertz CT molecular complexity index is 474. The monoisotopic (exact) mass is 537 g/mol. The van der Waals surface area contributed by atoms with Crippen LogP contribution in [0, 0.1) is 0 Å². The molecule has 0 N–H and O–H groups in total. The van der Waals surface area contributed by atoms with E-state index < -0.39 is 0 Å². The topological polar surface area (TPSA) is 35.5 Å². The molecule has 0 heterocycles. The van der Waals surface area contributed by atoms with E-state index in [1.165, 1.54) is 168 Å². The Balaban J connectivity index is 3.07. The highest BCUT2D eigenvalue weighted by Gasteiger charge is 1.99. The smallest absolute Gasteiger partial charge is 0.305 e. The summed E-state index contributed by atoms with van der Waals surface area (Å²) in [5.41, 5.74) is 0. The highest BCUT2D eigenvalue weighted by Crippen LogP contribution is 2.14. The molecule has 3 nitrogen and oxygen atoms in total. The van der Waals surface area contributed by atoms with Gasteiger partial charge in [0.2, 0.25) is 0 Å². The van der Waals surface area contributed by atoms with Crippen LogP contribution in [-0.2, 0) is 14.3 Å². The molecule has 38 heavy (non-hydrogen) atoms. The van der Waals surface area contributed by atoms with E-state index in [1.807, 2.05) is 0 Å².